The zero-order chi connectivity index (χ0) is 19.6. The maximum atomic E-state index is 13.3. The molecule has 1 saturated carbocycles. The van der Waals surface area contributed by atoms with Gasteiger partial charge in [0, 0.05) is 16.9 Å². The lowest BCUT2D eigenvalue weighted by atomic mass is 9.99. The van der Waals surface area contributed by atoms with Crippen LogP contribution in [-0.4, -0.2) is 20.4 Å². The van der Waals surface area contributed by atoms with Crippen molar-refractivity contribution in [2.24, 2.45) is 0 Å². The van der Waals surface area contributed by atoms with Crippen LogP contribution in [0.3, 0.4) is 0 Å². The van der Waals surface area contributed by atoms with Gasteiger partial charge in [-0.3, -0.25) is 14.3 Å². The summed E-state index contributed by atoms with van der Waals surface area (Å²) < 4.78 is 2.10. The third kappa shape index (κ3) is 2.37. The highest BCUT2D eigenvalue weighted by atomic mass is 35.5. The third-order valence-corrected chi connectivity index (χ3v) is 6.25. The number of pyridine rings is 1. The van der Waals surface area contributed by atoms with Gasteiger partial charge in [0.05, 0.1) is 34.9 Å². The topological polar surface area (TPSA) is 51.0 Å². The van der Waals surface area contributed by atoms with E-state index >= 15 is 0 Å². The Labute approximate surface area is 172 Å². The minimum atomic E-state index is -0.342. The maximum absolute atomic E-state index is 13.3. The van der Waals surface area contributed by atoms with Gasteiger partial charge in [-0.2, -0.15) is 0 Å². The number of para-hydroxylation sites is 1. The van der Waals surface area contributed by atoms with E-state index in [2.05, 4.69) is 9.55 Å². The van der Waals surface area contributed by atoms with Crippen LogP contribution in [-0.2, 0) is 16.8 Å². The molecule has 0 unspecified atom stereocenters. The second kappa shape index (κ2) is 5.91. The molecular formula is C23H17ClN4O. The second-order valence-corrected chi connectivity index (χ2v) is 8.13. The lowest BCUT2D eigenvalue weighted by molar-refractivity contribution is -0.120. The lowest BCUT2D eigenvalue weighted by Crippen LogP contribution is -2.32. The summed E-state index contributed by atoms with van der Waals surface area (Å²) in [5, 5.41) is 0.644. The highest BCUT2D eigenvalue weighted by Crippen LogP contribution is 2.57. The standard InChI is InChI=1S/C23H17ClN4O/c24-15-6-7-19-18(12-15)26-21(28(19)16-4-2-1-3-5-16)14-27-20-13-25-11-8-17(20)23(9-10-23)22(27)29/h1-8,11-13H,9-10,14H2. The Bertz CT molecular complexity index is 1280. The summed E-state index contributed by atoms with van der Waals surface area (Å²) in [4.78, 5) is 24.3. The van der Waals surface area contributed by atoms with Gasteiger partial charge in [0.15, 0.2) is 0 Å². The minimum Gasteiger partial charge on any atom is -0.302 e. The number of imidazole rings is 1. The zero-order valence-electron chi connectivity index (χ0n) is 15.5. The van der Waals surface area contributed by atoms with E-state index in [1.807, 2.05) is 59.5 Å². The molecule has 2 aromatic heterocycles. The summed E-state index contributed by atoms with van der Waals surface area (Å²) in [7, 11) is 0. The normalized spacial score (nSPS) is 16.6. The first kappa shape index (κ1) is 16.7. The summed E-state index contributed by atoms with van der Waals surface area (Å²) in [6.07, 6.45) is 5.39. The zero-order valence-corrected chi connectivity index (χ0v) is 16.3. The Morgan fingerprint density at radius 1 is 1.07 bits per heavy atom. The fourth-order valence-corrected chi connectivity index (χ4v) is 4.64. The lowest BCUT2D eigenvalue weighted by Gasteiger charge is -2.18. The van der Waals surface area contributed by atoms with Crippen molar-refractivity contribution in [3.63, 3.8) is 0 Å². The van der Waals surface area contributed by atoms with Crippen molar-refractivity contribution in [1.82, 2.24) is 14.5 Å². The molecular weight excluding hydrogens is 384 g/mol. The van der Waals surface area contributed by atoms with E-state index in [4.69, 9.17) is 16.6 Å². The van der Waals surface area contributed by atoms with E-state index in [1.54, 1.807) is 12.4 Å². The first-order valence-electron chi connectivity index (χ1n) is 9.66. The first-order valence-corrected chi connectivity index (χ1v) is 10.0. The predicted octanol–water partition coefficient (Wildman–Crippen LogP) is 4.65. The van der Waals surface area contributed by atoms with Crippen LogP contribution < -0.4 is 4.90 Å². The number of carbonyl (C=O) groups is 1. The average Bonchev–Trinajstić information content (AvgIpc) is 3.43. The SMILES string of the molecule is O=C1N(Cc2nc3cc(Cl)ccc3n2-c2ccccc2)c2cnccc2C12CC2. The third-order valence-electron chi connectivity index (χ3n) is 6.01. The molecule has 1 aliphatic heterocycles. The molecule has 0 saturated heterocycles. The fourth-order valence-electron chi connectivity index (χ4n) is 4.47. The number of benzene rings is 2. The van der Waals surface area contributed by atoms with E-state index in [0.717, 1.165) is 46.6 Å². The van der Waals surface area contributed by atoms with E-state index in [0.29, 0.717) is 11.6 Å². The maximum Gasteiger partial charge on any atom is 0.238 e. The number of hydrogen-bond donors (Lipinski definition) is 0. The largest absolute Gasteiger partial charge is 0.302 e. The molecule has 1 fully saturated rings. The van der Waals surface area contributed by atoms with Gasteiger partial charge < -0.3 is 4.90 Å². The van der Waals surface area contributed by atoms with Crippen LogP contribution in [0.2, 0.25) is 5.02 Å². The molecule has 2 aromatic carbocycles. The van der Waals surface area contributed by atoms with Gasteiger partial charge in [-0.1, -0.05) is 29.8 Å². The minimum absolute atomic E-state index is 0.158. The molecule has 0 bridgehead atoms. The van der Waals surface area contributed by atoms with Gasteiger partial charge in [-0.15, -0.1) is 0 Å². The number of halogens is 1. The molecule has 0 atom stereocenters. The van der Waals surface area contributed by atoms with Crippen LogP contribution in [0.1, 0.15) is 24.2 Å². The quantitative estimate of drug-likeness (QED) is 0.503. The van der Waals surface area contributed by atoms with Gasteiger partial charge >= 0.3 is 0 Å². The summed E-state index contributed by atoms with van der Waals surface area (Å²) >= 11 is 6.21. The number of rotatable bonds is 3. The number of hydrogen-bond acceptors (Lipinski definition) is 3. The Balaban J connectivity index is 1.52. The number of amides is 1. The molecule has 1 aliphatic carbocycles. The van der Waals surface area contributed by atoms with Crippen LogP contribution in [0.15, 0.2) is 67.0 Å². The molecule has 1 spiro atoms. The van der Waals surface area contributed by atoms with Gasteiger partial charge in [0.25, 0.3) is 0 Å². The summed E-state index contributed by atoms with van der Waals surface area (Å²) in [5.74, 6) is 0.958. The Morgan fingerprint density at radius 3 is 2.69 bits per heavy atom. The van der Waals surface area contributed by atoms with Crippen LogP contribution >= 0.6 is 11.6 Å². The van der Waals surface area contributed by atoms with E-state index in [9.17, 15) is 4.79 Å². The van der Waals surface area contributed by atoms with Gasteiger partial charge in [-0.05, 0) is 54.8 Å². The highest BCUT2D eigenvalue weighted by molar-refractivity contribution is 6.31. The number of fused-ring (bicyclic) bond motifs is 3. The Morgan fingerprint density at radius 2 is 1.90 bits per heavy atom. The fraction of sp³-hybridized carbons (Fsp3) is 0.174. The van der Waals surface area contributed by atoms with Crippen molar-refractivity contribution in [1.29, 1.82) is 0 Å². The number of carbonyl (C=O) groups excluding carboxylic acids is 1. The molecule has 3 heterocycles. The molecule has 0 radical (unpaired) electrons. The molecule has 142 valence electrons. The summed E-state index contributed by atoms with van der Waals surface area (Å²) in [5.41, 5.74) is 4.45. The molecule has 2 aliphatic rings. The summed E-state index contributed by atoms with van der Waals surface area (Å²) in [6, 6.07) is 17.8. The Hall–Kier alpha value is -3.18. The van der Waals surface area contributed by atoms with Crippen LogP contribution in [0.4, 0.5) is 5.69 Å². The molecule has 5 nitrogen and oxygen atoms in total. The van der Waals surface area contributed by atoms with Gasteiger partial charge in [0.1, 0.15) is 5.82 Å². The number of nitrogens with zero attached hydrogens (tertiary/aromatic N) is 4. The van der Waals surface area contributed by atoms with Crippen molar-refractivity contribution in [3.05, 3.63) is 83.4 Å². The van der Waals surface area contributed by atoms with E-state index < -0.39 is 0 Å². The Kier molecular flexibility index (Phi) is 3.41. The molecule has 6 rings (SSSR count). The molecule has 6 heteroatoms. The van der Waals surface area contributed by atoms with Crippen LogP contribution in [0.5, 0.6) is 0 Å². The second-order valence-electron chi connectivity index (χ2n) is 7.70. The van der Waals surface area contributed by atoms with Crippen LogP contribution in [0, 0.1) is 0 Å². The van der Waals surface area contributed by atoms with Crippen molar-refractivity contribution in [2.45, 2.75) is 24.8 Å². The predicted molar refractivity (Wildman–Crippen MR) is 112 cm³/mol. The van der Waals surface area contributed by atoms with E-state index in [1.165, 1.54) is 0 Å². The van der Waals surface area contributed by atoms with Crippen molar-refractivity contribution < 1.29 is 4.79 Å². The number of aromatic nitrogens is 3. The van der Waals surface area contributed by atoms with Gasteiger partial charge in [0.2, 0.25) is 5.91 Å². The monoisotopic (exact) mass is 400 g/mol. The first-order chi connectivity index (χ1) is 14.2. The highest BCUT2D eigenvalue weighted by Gasteiger charge is 2.59. The van der Waals surface area contributed by atoms with Gasteiger partial charge in [-0.25, -0.2) is 4.98 Å². The van der Waals surface area contributed by atoms with E-state index in [-0.39, 0.29) is 11.3 Å². The number of anilines is 1. The van der Waals surface area contributed by atoms with Crippen molar-refractivity contribution in [3.8, 4) is 5.69 Å². The summed E-state index contributed by atoms with van der Waals surface area (Å²) in [6.45, 7) is 0.389. The molecule has 0 N–H and O–H groups in total. The molecule has 29 heavy (non-hydrogen) atoms. The van der Waals surface area contributed by atoms with Crippen molar-refractivity contribution >= 4 is 34.2 Å². The smallest absolute Gasteiger partial charge is 0.238 e. The van der Waals surface area contributed by atoms with Crippen LogP contribution in [0.25, 0.3) is 16.7 Å². The average molecular weight is 401 g/mol. The van der Waals surface area contributed by atoms with Crippen molar-refractivity contribution in [2.75, 3.05) is 4.90 Å². The molecule has 4 aromatic rings. The molecule has 1 amide bonds.